The third kappa shape index (κ3) is 2.74. The van der Waals surface area contributed by atoms with Gasteiger partial charge in [0.15, 0.2) is 0 Å². The second-order valence-electron chi connectivity index (χ2n) is 6.36. The summed E-state index contributed by atoms with van der Waals surface area (Å²) in [4.78, 5) is 12.9. The number of hydrogen-bond acceptors (Lipinski definition) is 2. The summed E-state index contributed by atoms with van der Waals surface area (Å²) >= 11 is 0. The van der Waals surface area contributed by atoms with Gasteiger partial charge < -0.3 is 4.57 Å². The molecule has 0 radical (unpaired) electrons. The van der Waals surface area contributed by atoms with E-state index in [0.717, 1.165) is 35.2 Å². The highest BCUT2D eigenvalue weighted by Gasteiger charge is 2.20. The van der Waals surface area contributed by atoms with E-state index >= 15 is 0 Å². The number of para-hydroxylation sites is 2. The number of pyridine rings is 1. The minimum atomic E-state index is -0.0591. The zero-order valence-corrected chi connectivity index (χ0v) is 14.4. The molecule has 0 fully saturated rings. The topological polar surface area (TPSA) is 39.8 Å². The molecular formula is C21H21N3O. The van der Waals surface area contributed by atoms with E-state index in [1.807, 2.05) is 48.7 Å². The monoisotopic (exact) mass is 331 g/mol. The Morgan fingerprint density at radius 3 is 2.52 bits per heavy atom. The quantitative estimate of drug-likeness (QED) is 0.506. The molecule has 2 aliphatic heterocycles. The Labute approximate surface area is 146 Å². The van der Waals surface area contributed by atoms with E-state index in [1.54, 1.807) is 0 Å². The van der Waals surface area contributed by atoms with Crippen molar-refractivity contribution in [2.75, 3.05) is 0 Å². The van der Waals surface area contributed by atoms with Gasteiger partial charge in [0.1, 0.15) is 5.69 Å². The van der Waals surface area contributed by atoms with Gasteiger partial charge in [-0.25, -0.2) is 0 Å². The average Bonchev–Trinajstić information content (AvgIpc) is 3.00. The van der Waals surface area contributed by atoms with Crippen LogP contribution >= 0.6 is 0 Å². The molecule has 0 bridgehead atoms. The summed E-state index contributed by atoms with van der Waals surface area (Å²) in [6, 6.07) is 17.8. The molecule has 4 heteroatoms. The molecule has 0 atom stereocenters. The summed E-state index contributed by atoms with van der Waals surface area (Å²) in [7, 11) is 0. The minimum Gasteiger partial charge on any atom is -0.347 e. The van der Waals surface area contributed by atoms with Crippen LogP contribution in [-0.2, 0) is 6.54 Å². The lowest BCUT2D eigenvalue weighted by Crippen LogP contribution is -2.15. The largest absolute Gasteiger partial charge is 0.347 e. The van der Waals surface area contributed by atoms with Crippen LogP contribution in [0, 0.1) is 0 Å². The van der Waals surface area contributed by atoms with Crippen LogP contribution in [0.1, 0.15) is 26.2 Å². The number of aromatic nitrogens is 3. The lowest BCUT2D eigenvalue weighted by atomic mass is 10.1. The highest BCUT2D eigenvalue weighted by molar-refractivity contribution is 5.93. The van der Waals surface area contributed by atoms with Crippen molar-refractivity contribution >= 4 is 10.9 Å². The Morgan fingerprint density at radius 1 is 0.960 bits per heavy atom. The molecule has 4 nitrogen and oxygen atoms in total. The van der Waals surface area contributed by atoms with E-state index in [-0.39, 0.29) is 5.56 Å². The maximum atomic E-state index is 12.9. The molecule has 126 valence electrons. The van der Waals surface area contributed by atoms with E-state index in [9.17, 15) is 4.79 Å². The highest BCUT2D eigenvalue weighted by atomic mass is 16.1. The molecule has 2 aromatic rings. The molecule has 0 N–H and O–H groups in total. The van der Waals surface area contributed by atoms with Crippen LogP contribution in [0.4, 0.5) is 0 Å². The fourth-order valence-corrected chi connectivity index (χ4v) is 3.34. The van der Waals surface area contributed by atoms with Gasteiger partial charge in [0.05, 0.1) is 16.8 Å². The summed E-state index contributed by atoms with van der Waals surface area (Å²) in [5.74, 6) is 0. The maximum absolute atomic E-state index is 12.9. The van der Waals surface area contributed by atoms with Crippen molar-refractivity contribution in [3.8, 4) is 16.9 Å². The number of hydrogen-bond donors (Lipinski definition) is 0. The molecule has 0 spiro atoms. The fraction of sp³-hybridized carbons (Fsp3) is 0.238. The molecular weight excluding hydrogens is 310 g/mol. The van der Waals surface area contributed by atoms with Gasteiger partial charge in [-0.1, -0.05) is 56.2 Å². The van der Waals surface area contributed by atoms with Crippen molar-refractivity contribution in [3.63, 3.8) is 0 Å². The molecule has 0 aromatic heterocycles. The Hall–Kier alpha value is -2.88. The van der Waals surface area contributed by atoms with Crippen LogP contribution in [-0.4, -0.2) is 14.3 Å². The van der Waals surface area contributed by atoms with Crippen LogP contribution in [0.15, 0.2) is 65.6 Å². The molecule has 0 aliphatic carbocycles. The van der Waals surface area contributed by atoms with Crippen molar-refractivity contribution in [2.24, 2.45) is 0 Å². The first kappa shape index (κ1) is 15.6. The summed E-state index contributed by atoms with van der Waals surface area (Å²) < 4.78 is 3.71. The second kappa shape index (κ2) is 6.55. The molecule has 0 unspecified atom stereocenters. The molecule has 2 aliphatic rings. The number of aryl methyl sites for hydroxylation is 1. The Balaban J connectivity index is 1.94. The van der Waals surface area contributed by atoms with Crippen molar-refractivity contribution in [3.05, 3.63) is 71.1 Å². The number of rotatable bonds is 5. The minimum absolute atomic E-state index is 0.0591. The summed E-state index contributed by atoms with van der Waals surface area (Å²) in [6.07, 6.45) is 5.45. The van der Waals surface area contributed by atoms with Gasteiger partial charge in [-0.05, 0) is 24.6 Å². The first-order valence-corrected chi connectivity index (χ1v) is 8.86. The van der Waals surface area contributed by atoms with Gasteiger partial charge in [-0.2, -0.15) is 9.78 Å². The standard InChI is InChI=1S/C21H21N3O/c1-2-3-9-14-23-15-18-20(17-12-7-8-13-19(17)23)22-24(21(18)25)16-10-5-4-6-11-16/h4-8,10-13,15H,2-3,9,14H2,1H3. The molecule has 2 heterocycles. The zero-order valence-electron chi connectivity index (χ0n) is 14.4. The van der Waals surface area contributed by atoms with E-state index in [2.05, 4.69) is 28.7 Å². The van der Waals surface area contributed by atoms with Crippen LogP contribution in [0.25, 0.3) is 27.8 Å². The van der Waals surface area contributed by atoms with Crippen molar-refractivity contribution in [1.29, 1.82) is 0 Å². The Kier molecular flexibility index (Phi) is 4.10. The number of fused-ring (bicyclic) bond motifs is 3. The smallest absolute Gasteiger partial charge is 0.282 e. The van der Waals surface area contributed by atoms with Gasteiger partial charge in [0, 0.05) is 18.1 Å². The second-order valence-corrected chi connectivity index (χ2v) is 6.36. The third-order valence-corrected chi connectivity index (χ3v) is 4.63. The predicted molar refractivity (Wildman–Crippen MR) is 101 cm³/mol. The summed E-state index contributed by atoms with van der Waals surface area (Å²) in [5.41, 5.74) is 3.32. The van der Waals surface area contributed by atoms with Crippen LogP contribution in [0.5, 0.6) is 0 Å². The number of benzene rings is 2. The molecule has 0 saturated carbocycles. The highest BCUT2D eigenvalue weighted by Crippen LogP contribution is 2.28. The van der Waals surface area contributed by atoms with Crippen molar-refractivity contribution < 1.29 is 0 Å². The molecule has 4 rings (SSSR count). The van der Waals surface area contributed by atoms with E-state index in [4.69, 9.17) is 0 Å². The molecule has 0 saturated heterocycles. The average molecular weight is 331 g/mol. The third-order valence-electron chi connectivity index (χ3n) is 4.63. The van der Waals surface area contributed by atoms with Crippen LogP contribution in [0.3, 0.4) is 0 Å². The van der Waals surface area contributed by atoms with Gasteiger partial charge in [-0.15, -0.1) is 0 Å². The van der Waals surface area contributed by atoms with Gasteiger partial charge >= 0.3 is 0 Å². The normalized spacial score (nSPS) is 11.4. The Morgan fingerprint density at radius 2 is 1.72 bits per heavy atom. The lowest BCUT2D eigenvalue weighted by Gasteiger charge is -2.13. The summed E-state index contributed by atoms with van der Waals surface area (Å²) in [5, 5.41) is 5.67. The zero-order chi connectivity index (χ0) is 17.2. The van der Waals surface area contributed by atoms with Gasteiger partial charge in [0.25, 0.3) is 5.56 Å². The maximum Gasteiger partial charge on any atom is 0.282 e. The van der Waals surface area contributed by atoms with Crippen molar-refractivity contribution in [2.45, 2.75) is 32.7 Å². The Bertz CT molecular complexity index is 1030. The SMILES string of the molecule is CCCCCn1cc2c(=O)n(-c3ccccc3)nc-2c2ccccc21. The molecule has 25 heavy (non-hydrogen) atoms. The van der Waals surface area contributed by atoms with Gasteiger partial charge in [0.2, 0.25) is 0 Å². The fourth-order valence-electron chi connectivity index (χ4n) is 3.34. The first-order valence-electron chi connectivity index (χ1n) is 8.86. The first-order chi connectivity index (χ1) is 12.3. The van der Waals surface area contributed by atoms with Crippen LogP contribution < -0.4 is 5.56 Å². The van der Waals surface area contributed by atoms with E-state index in [1.165, 1.54) is 17.5 Å². The van der Waals surface area contributed by atoms with E-state index in [0.29, 0.717) is 5.56 Å². The molecule has 2 aromatic carbocycles. The number of nitrogens with zero attached hydrogens (tertiary/aromatic N) is 3. The van der Waals surface area contributed by atoms with Crippen LogP contribution in [0.2, 0.25) is 0 Å². The lowest BCUT2D eigenvalue weighted by molar-refractivity contribution is 0.614. The van der Waals surface area contributed by atoms with E-state index < -0.39 is 0 Å². The predicted octanol–water partition coefficient (Wildman–Crippen LogP) is 4.48. The molecule has 0 amide bonds. The van der Waals surface area contributed by atoms with Gasteiger partial charge in [-0.3, -0.25) is 4.79 Å². The summed E-state index contributed by atoms with van der Waals surface area (Å²) in [6.45, 7) is 3.12. The van der Waals surface area contributed by atoms with Crippen molar-refractivity contribution in [1.82, 2.24) is 14.3 Å². The number of unbranched alkanes of at least 4 members (excludes halogenated alkanes) is 2.